The highest BCUT2D eigenvalue weighted by Gasteiger charge is 2.18. The molecule has 0 spiro atoms. The van der Waals surface area contributed by atoms with E-state index in [1.807, 2.05) is 6.07 Å². The van der Waals surface area contributed by atoms with E-state index in [0.717, 1.165) is 12.8 Å². The average molecular weight is 406 g/mol. The maximum atomic E-state index is 12.1. The van der Waals surface area contributed by atoms with E-state index < -0.39 is 17.0 Å². The van der Waals surface area contributed by atoms with Gasteiger partial charge in [-0.1, -0.05) is 0 Å². The van der Waals surface area contributed by atoms with E-state index >= 15 is 0 Å². The number of ether oxygens (including phenoxy) is 2. The Morgan fingerprint density at radius 2 is 2.14 bits per heavy atom. The van der Waals surface area contributed by atoms with Crippen LogP contribution in [0.25, 0.3) is 0 Å². The molecule has 2 heterocycles. The van der Waals surface area contributed by atoms with E-state index in [4.69, 9.17) is 13.6 Å². The number of aromatic nitrogens is 2. The predicted octanol–water partition coefficient (Wildman–Crippen LogP) is 1.95. The molecule has 28 heavy (non-hydrogen) atoms. The van der Waals surface area contributed by atoms with Crippen LogP contribution in [0.1, 0.15) is 28.9 Å². The average Bonchev–Trinajstić information content (AvgIpc) is 2.96. The molecule has 1 atom stereocenters. The summed E-state index contributed by atoms with van der Waals surface area (Å²) >= 11 is 0. The molecule has 1 fully saturated rings. The van der Waals surface area contributed by atoms with Crippen LogP contribution in [0, 0.1) is 11.3 Å². The first-order chi connectivity index (χ1) is 14.7. The Kier molecular flexibility index (Phi) is 5.20. The third kappa shape index (κ3) is 4.95. The van der Waals surface area contributed by atoms with E-state index in [1.165, 1.54) is 30.5 Å². The number of rotatable bonds is 6. The van der Waals surface area contributed by atoms with Gasteiger partial charge in [0.2, 0.25) is 21.9 Å². The highest BCUT2D eigenvalue weighted by atomic mass is 32.2. The lowest BCUT2D eigenvalue weighted by atomic mass is 10.1. The van der Waals surface area contributed by atoms with Crippen molar-refractivity contribution in [3.8, 4) is 11.9 Å². The Morgan fingerprint density at radius 1 is 1.32 bits per heavy atom. The molecule has 0 saturated carbocycles. The summed E-state index contributed by atoms with van der Waals surface area (Å²) in [7, 11) is -4.18. The minimum atomic E-state index is -4.18. The molecule has 10 heteroatoms. The lowest BCUT2D eigenvalue weighted by Gasteiger charge is -2.16. The van der Waals surface area contributed by atoms with Crippen LogP contribution in [0.4, 0.5) is 11.6 Å². The minimum absolute atomic E-state index is 0.118. The Morgan fingerprint density at radius 3 is 2.89 bits per heavy atom. The van der Waals surface area contributed by atoms with Gasteiger partial charge in [-0.05, 0) is 44.1 Å². The van der Waals surface area contributed by atoms with Gasteiger partial charge in [-0.15, -0.1) is 0 Å². The van der Waals surface area contributed by atoms with Crippen molar-refractivity contribution in [3.05, 3.63) is 36.0 Å². The van der Waals surface area contributed by atoms with Crippen LogP contribution in [-0.4, -0.2) is 44.7 Å². The summed E-state index contributed by atoms with van der Waals surface area (Å²) in [4.78, 5) is 8.15. The third-order valence-corrected chi connectivity index (χ3v) is 5.27. The highest BCUT2D eigenvalue weighted by Crippen LogP contribution is 2.23. The monoisotopic (exact) mass is 406 g/mol. The second-order valence-electron chi connectivity index (χ2n) is 6.06. The summed E-state index contributed by atoms with van der Waals surface area (Å²) in [6.07, 6.45) is 3.56. The largest absolute Gasteiger partial charge is 0.473 e. The Balaban J connectivity index is 1.74. The number of hydrogen-bond donors (Lipinski definition) is 2. The molecule has 1 aromatic heterocycles. The van der Waals surface area contributed by atoms with Crippen LogP contribution in [-0.2, 0) is 14.8 Å². The number of sulfonamides is 1. The zero-order valence-electron chi connectivity index (χ0n) is 17.9. The maximum Gasteiger partial charge on any atom is 0.240 e. The van der Waals surface area contributed by atoms with Crippen LogP contribution in [0.3, 0.4) is 0 Å². The topological polar surface area (TPSA) is 126 Å². The fraction of sp³-hybridized carbons (Fsp3) is 0.389. The molecule has 2 aromatic rings. The van der Waals surface area contributed by atoms with E-state index in [2.05, 4.69) is 15.3 Å². The van der Waals surface area contributed by atoms with Gasteiger partial charge in [-0.25, -0.2) is 18.1 Å². The van der Waals surface area contributed by atoms with Gasteiger partial charge in [0.05, 0.1) is 17.7 Å². The van der Waals surface area contributed by atoms with Crippen molar-refractivity contribution >= 4 is 21.7 Å². The van der Waals surface area contributed by atoms with Gasteiger partial charge in [-0.3, -0.25) is 0 Å². The minimum Gasteiger partial charge on any atom is -0.473 e. The van der Waals surface area contributed by atoms with Crippen LogP contribution >= 0.6 is 0 Å². The van der Waals surface area contributed by atoms with Crippen molar-refractivity contribution in [2.75, 3.05) is 25.5 Å². The van der Waals surface area contributed by atoms with Gasteiger partial charge < -0.3 is 14.8 Å². The van der Waals surface area contributed by atoms with Gasteiger partial charge in [0, 0.05) is 22.8 Å². The number of anilines is 2. The van der Waals surface area contributed by atoms with Crippen molar-refractivity contribution < 1.29 is 22.0 Å². The Hall–Kier alpha value is -2.74. The number of nitrogens with one attached hydrogen (secondary N) is 2. The summed E-state index contributed by atoms with van der Waals surface area (Å²) in [6.45, 7) is -1.57. The molecule has 0 radical (unpaired) electrons. The fourth-order valence-corrected chi connectivity index (χ4v) is 3.26. The fourth-order valence-electron chi connectivity index (χ4n) is 2.65. The van der Waals surface area contributed by atoms with E-state index in [0.29, 0.717) is 25.3 Å². The molecule has 1 aliphatic heterocycles. The van der Waals surface area contributed by atoms with Gasteiger partial charge in [0.25, 0.3) is 0 Å². The molecule has 0 unspecified atom stereocenters. The predicted molar refractivity (Wildman–Crippen MR) is 102 cm³/mol. The quantitative estimate of drug-likeness (QED) is 0.745. The highest BCUT2D eigenvalue weighted by molar-refractivity contribution is 7.89. The van der Waals surface area contributed by atoms with E-state index in [1.54, 1.807) is 4.72 Å². The molecule has 148 valence electrons. The normalized spacial score (nSPS) is 19.4. The van der Waals surface area contributed by atoms with Crippen LogP contribution in [0.15, 0.2) is 35.4 Å². The summed E-state index contributed by atoms with van der Waals surface area (Å²) in [5, 5.41) is 12.2. The van der Waals surface area contributed by atoms with Gasteiger partial charge in [0.15, 0.2) is 0 Å². The molecule has 0 aliphatic carbocycles. The first-order valence-electron chi connectivity index (χ1n) is 10.1. The molecule has 1 aliphatic rings. The number of nitriles is 1. The molecular weight excluding hydrogens is 382 g/mol. The van der Waals surface area contributed by atoms with Crippen molar-refractivity contribution in [1.29, 1.82) is 5.26 Å². The molecule has 1 saturated heterocycles. The van der Waals surface area contributed by atoms with Crippen LogP contribution in [0.5, 0.6) is 5.88 Å². The molecule has 1 aromatic carbocycles. The van der Waals surface area contributed by atoms with Gasteiger partial charge >= 0.3 is 0 Å². The lowest BCUT2D eigenvalue weighted by Crippen LogP contribution is -2.18. The van der Waals surface area contributed by atoms with Gasteiger partial charge in [0.1, 0.15) is 17.7 Å². The molecule has 0 bridgehead atoms. The second-order valence-corrected chi connectivity index (χ2v) is 7.74. The first-order valence-corrected chi connectivity index (χ1v) is 10.1. The molecule has 3 rings (SSSR count). The van der Waals surface area contributed by atoms with Crippen molar-refractivity contribution in [2.45, 2.75) is 30.3 Å². The molecule has 9 nitrogen and oxygen atoms in total. The standard InChI is InChI=1S/C18H21N5O4S/c1-20-28(24,25)16-6-4-14(5-7-16)22-18-21-12-13(11-19)17(23-18)27-15-3-2-9-26-10-8-15/h4-7,12,15,20H,2-3,8-10H2,1H3,(H,21,22,23)/t15-/m1/s1/i1D3. The summed E-state index contributed by atoms with van der Waals surface area (Å²) in [5.74, 6) is 0.322. The second kappa shape index (κ2) is 8.97. The molecular formula is C18H21N5O4S. The van der Waals surface area contributed by atoms with E-state index in [-0.39, 0.29) is 28.4 Å². The van der Waals surface area contributed by atoms with Crippen LogP contribution in [0.2, 0.25) is 0 Å². The summed E-state index contributed by atoms with van der Waals surface area (Å²) in [5.41, 5.74) is 0.666. The Labute approximate surface area is 168 Å². The van der Waals surface area contributed by atoms with E-state index in [9.17, 15) is 13.7 Å². The lowest BCUT2D eigenvalue weighted by molar-refractivity contribution is 0.125. The summed E-state index contributed by atoms with van der Waals surface area (Å²) in [6, 6.07) is 7.40. The third-order valence-electron chi connectivity index (χ3n) is 4.11. The Bertz CT molecular complexity index is 1050. The summed E-state index contributed by atoms with van der Waals surface area (Å²) < 4.78 is 58.3. The van der Waals surface area contributed by atoms with Crippen molar-refractivity contribution in [3.63, 3.8) is 0 Å². The number of benzene rings is 1. The smallest absolute Gasteiger partial charge is 0.240 e. The molecule has 2 N–H and O–H groups in total. The first kappa shape index (κ1) is 16.2. The SMILES string of the molecule is [2H]C([2H])([2H])NS(=O)(=O)c1ccc(Nc2ncc(C#N)c(O[C@@H]3CCCOCC3)n2)cc1. The maximum absolute atomic E-state index is 12.1. The van der Waals surface area contributed by atoms with Crippen LogP contribution < -0.4 is 14.8 Å². The van der Waals surface area contributed by atoms with Crippen molar-refractivity contribution in [1.82, 2.24) is 14.7 Å². The number of hydrogen-bond acceptors (Lipinski definition) is 8. The van der Waals surface area contributed by atoms with Gasteiger partial charge in [-0.2, -0.15) is 10.2 Å². The zero-order valence-corrected chi connectivity index (χ0v) is 15.7. The van der Waals surface area contributed by atoms with Crippen molar-refractivity contribution in [2.24, 2.45) is 0 Å². The zero-order chi connectivity index (χ0) is 22.5. The number of nitrogens with zero attached hydrogens (tertiary/aromatic N) is 3. The molecule has 0 amide bonds.